The molecule has 0 aromatic heterocycles. The predicted molar refractivity (Wildman–Crippen MR) is 85.3 cm³/mol. The molecule has 2 rings (SSSR count). The second kappa shape index (κ2) is 6.93. The Hall–Kier alpha value is -0.570. The summed E-state index contributed by atoms with van der Waals surface area (Å²) >= 11 is 5.97. The van der Waals surface area contributed by atoms with Gasteiger partial charge in [0.15, 0.2) is 0 Å². The van der Waals surface area contributed by atoms with Crippen molar-refractivity contribution < 1.29 is 4.74 Å². The molecule has 1 saturated heterocycles. The van der Waals surface area contributed by atoms with E-state index in [4.69, 9.17) is 16.3 Å². The number of nitrogens with one attached hydrogen (secondary N) is 1. The number of benzene rings is 1. The maximum Gasteiger partial charge on any atom is 0.0666 e. The van der Waals surface area contributed by atoms with E-state index in [1.807, 2.05) is 12.1 Å². The lowest BCUT2D eigenvalue weighted by atomic mass is 9.89. The van der Waals surface area contributed by atoms with E-state index in [0.717, 1.165) is 37.3 Å². The van der Waals surface area contributed by atoms with Crippen LogP contribution in [0.1, 0.15) is 58.1 Å². The van der Waals surface area contributed by atoms with Crippen LogP contribution in [0.5, 0.6) is 0 Å². The monoisotopic (exact) mass is 295 g/mol. The molecule has 1 aliphatic rings. The van der Waals surface area contributed by atoms with Crippen molar-refractivity contribution in [3.8, 4) is 0 Å². The maximum atomic E-state index is 5.97. The van der Waals surface area contributed by atoms with Crippen molar-refractivity contribution >= 4 is 11.6 Å². The summed E-state index contributed by atoms with van der Waals surface area (Å²) in [6.45, 7) is 7.52. The molecule has 1 aliphatic heterocycles. The molecule has 0 radical (unpaired) electrons. The Balaban J connectivity index is 2.01. The van der Waals surface area contributed by atoms with Crippen molar-refractivity contribution in [3.63, 3.8) is 0 Å². The molecule has 3 heteroatoms. The summed E-state index contributed by atoms with van der Waals surface area (Å²) < 4.78 is 5.92. The van der Waals surface area contributed by atoms with Gasteiger partial charge in [-0.05, 0) is 50.3 Å². The Labute approximate surface area is 127 Å². The fraction of sp³-hybridized carbons (Fsp3) is 0.647. The van der Waals surface area contributed by atoms with Gasteiger partial charge in [0.1, 0.15) is 0 Å². The van der Waals surface area contributed by atoms with Crippen LogP contribution < -0.4 is 5.32 Å². The molecule has 3 unspecified atom stereocenters. The van der Waals surface area contributed by atoms with Gasteiger partial charge < -0.3 is 10.1 Å². The Morgan fingerprint density at radius 1 is 1.35 bits per heavy atom. The summed E-state index contributed by atoms with van der Waals surface area (Å²) in [7, 11) is 0. The van der Waals surface area contributed by atoms with Gasteiger partial charge in [-0.25, -0.2) is 0 Å². The summed E-state index contributed by atoms with van der Waals surface area (Å²) in [5.41, 5.74) is 1.36. The van der Waals surface area contributed by atoms with Gasteiger partial charge in [-0.1, -0.05) is 37.6 Å². The van der Waals surface area contributed by atoms with E-state index >= 15 is 0 Å². The van der Waals surface area contributed by atoms with Crippen LogP contribution >= 0.6 is 11.6 Å². The topological polar surface area (TPSA) is 21.3 Å². The van der Waals surface area contributed by atoms with Crippen LogP contribution in [0.3, 0.4) is 0 Å². The summed E-state index contributed by atoms with van der Waals surface area (Å²) in [6, 6.07) is 9.14. The van der Waals surface area contributed by atoms with Crippen LogP contribution in [-0.2, 0) is 4.74 Å². The lowest BCUT2D eigenvalue weighted by Gasteiger charge is -2.39. The molecule has 3 atom stereocenters. The molecule has 1 N–H and O–H groups in total. The highest BCUT2D eigenvalue weighted by Gasteiger charge is 2.32. The van der Waals surface area contributed by atoms with Crippen LogP contribution in [0.15, 0.2) is 24.3 Å². The van der Waals surface area contributed by atoms with Crippen molar-refractivity contribution in [2.45, 2.75) is 64.1 Å². The van der Waals surface area contributed by atoms with E-state index in [2.05, 4.69) is 38.2 Å². The van der Waals surface area contributed by atoms with Gasteiger partial charge in [0.05, 0.1) is 5.60 Å². The van der Waals surface area contributed by atoms with Crippen LogP contribution in [-0.4, -0.2) is 18.2 Å². The van der Waals surface area contributed by atoms with Gasteiger partial charge in [0.25, 0.3) is 0 Å². The van der Waals surface area contributed by atoms with Crippen molar-refractivity contribution in [3.05, 3.63) is 34.9 Å². The van der Waals surface area contributed by atoms with E-state index in [-0.39, 0.29) is 5.60 Å². The van der Waals surface area contributed by atoms with Gasteiger partial charge >= 0.3 is 0 Å². The number of halogens is 1. The van der Waals surface area contributed by atoms with E-state index in [1.54, 1.807) is 0 Å². The molecule has 1 heterocycles. The maximum absolute atomic E-state index is 5.97. The van der Waals surface area contributed by atoms with Crippen molar-refractivity contribution in [2.75, 3.05) is 6.61 Å². The highest BCUT2D eigenvalue weighted by Crippen LogP contribution is 2.30. The highest BCUT2D eigenvalue weighted by atomic mass is 35.5. The lowest BCUT2D eigenvalue weighted by Crippen LogP contribution is -2.46. The first-order valence-electron chi connectivity index (χ1n) is 7.72. The van der Waals surface area contributed by atoms with Crippen LogP contribution in [0.25, 0.3) is 0 Å². The first kappa shape index (κ1) is 15.8. The SMILES string of the molecule is CCC(NC1CCOC(C)(CC)C1)c1ccc(Cl)cc1. The second-order valence-electron chi connectivity index (χ2n) is 6.02. The lowest BCUT2D eigenvalue weighted by molar-refractivity contribution is -0.0792. The fourth-order valence-corrected chi connectivity index (χ4v) is 3.07. The molecule has 2 nitrogen and oxygen atoms in total. The molecule has 20 heavy (non-hydrogen) atoms. The van der Waals surface area contributed by atoms with Gasteiger partial charge in [-0.15, -0.1) is 0 Å². The third-order valence-corrected chi connectivity index (χ3v) is 4.71. The minimum Gasteiger partial charge on any atom is -0.375 e. The third-order valence-electron chi connectivity index (χ3n) is 4.46. The smallest absolute Gasteiger partial charge is 0.0666 e. The molecule has 0 bridgehead atoms. The van der Waals surface area contributed by atoms with Gasteiger partial charge in [-0.3, -0.25) is 0 Å². The summed E-state index contributed by atoms with van der Waals surface area (Å²) in [4.78, 5) is 0. The molecule has 0 aliphatic carbocycles. The molecule has 0 amide bonds. The summed E-state index contributed by atoms with van der Waals surface area (Å²) in [5, 5.41) is 4.61. The average molecular weight is 296 g/mol. The third kappa shape index (κ3) is 3.97. The molecule has 0 spiro atoms. The van der Waals surface area contributed by atoms with Crippen LogP contribution in [0, 0.1) is 0 Å². The Bertz CT molecular complexity index is 420. The zero-order chi connectivity index (χ0) is 14.6. The van der Waals surface area contributed by atoms with E-state index < -0.39 is 0 Å². The van der Waals surface area contributed by atoms with Crippen molar-refractivity contribution in [2.24, 2.45) is 0 Å². The molecular formula is C17H26ClNO. The first-order chi connectivity index (χ1) is 9.56. The predicted octanol–water partition coefficient (Wildman–Crippen LogP) is 4.73. The largest absolute Gasteiger partial charge is 0.375 e. The number of rotatable bonds is 5. The van der Waals surface area contributed by atoms with Gasteiger partial charge in [0.2, 0.25) is 0 Å². The van der Waals surface area contributed by atoms with E-state index in [9.17, 15) is 0 Å². The summed E-state index contributed by atoms with van der Waals surface area (Å²) in [6.07, 6.45) is 4.35. The molecule has 0 saturated carbocycles. The molecule has 1 aromatic rings. The van der Waals surface area contributed by atoms with Gasteiger partial charge in [-0.2, -0.15) is 0 Å². The minimum atomic E-state index is 0.0359. The quantitative estimate of drug-likeness (QED) is 0.848. The van der Waals surface area contributed by atoms with Crippen LogP contribution in [0.2, 0.25) is 5.02 Å². The van der Waals surface area contributed by atoms with Gasteiger partial charge in [0, 0.05) is 23.7 Å². The molecule has 1 aromatic carbocycles. The number of hydrogen-bond donors (Lipinski definition) is 1. The number of hydrogen-bond acceptors (Lipinski definition) is 2. The van der Waals surface area contributed by atoms with Crippen molar-refractivity contribution in [1.29, 1.82) is 0 Å². The number of ether oxygens (including phenoxy) is 1. The molecular weight excluding hydrogens is 270 g/mol. The highest BCUT2D eigenvalue weighted by molar-refractivity contribution is 6.30. The Morgan fingerprint density at radius 3 is 2.65 bits per heavy atom. The average Bonchev–Trinajstić information content (AvgIpc) is 2.46. The first-order valence-corrected chi connectivity index (χ1v) is 8.09. The fourth-order valence-electron chi connectivity index (χ4n) is 2.95. The minimum absolute atomic E-state index is 0.0359. The normalized spacial score (nSPS) is 28.3. The molecule has 112 valence electrons. The van der Waals surface area contributed by atoms with E-state index in [1.165, 1.54) is 5.56 Å². The van der Waals surface area contributed by atoms with E-state index in [0.29, 0.717) is 12.1 Å². The standard InChI is InChI=1S/C17H26ClNO/c1-4-16(13-6-8-14(18)9-7-13)19-15-10-11-20-17(3,5-2)12-15/h6-9,15-16,19H,4-5,10-12H2,1-3H3. The second-order valence-corrected chi connectivity index (χ2v) is 6.46. The Kier molecular flexibility index (Phi) is 5.48. The molecule has 1 fully saturated rings. The zero-order valence-electron chi connectivity index (χ0n) is 12.8. The summed E-state index contributed by atoms with van der Waals surface area (Å²) in [5.74, 6) is 0. The zero-order valence-corrected chi connectivity index (χ0v) is 13.5. The van der Waals surface area contributed by atoms with Crippen molar-refractivity contribution in [1.82, 2.24) is 5.32 Å². The Morgan fingerprint density at radius 2 is 2.05 bits per heavy atom. The van der Waals surface area contributed by atoms with Crippen LogP contribution in [0.4, 0.5) is 0 Å².